The number of esters is 1. The monoisotopic (exact) mass is 554 g/mol. The number of rotatable bonds is 8. The molecule has 0 saturated carbocycles. The normalized spacial score (nSPS) is 14.8. The molecule has 202 valence electrons. The number of benzene rings is 3. The van der Waals surface area contributed by atoms with Crippen LogP contribution < -0.4 is 19.6 Å². The molecule has 0 radical (unpaired) electrons. The maximum absolute atomic E-state index is 13.7. The van der Waals surface area contributed by atoms with Crippen LogP contribution in [0.2, 0.25) is 0 Å². The molecule has 0 saturated heterocycles. The fourth-order valence-corrected chi connectivity index (χ4v) is 5.51. The average molecular weight is 555 g/mol. The minimum absolute atomic E-state index is 0.220. The quantitative estimate of drug-likeness (QED) is 0.329. The zero-order chi connectivity index (χ0) is 28.2. The molecule has 0 bridgehead atoms. The molecule has 1 aromatic heterocycles. The number of nitrogens with zero attached hydrogens (tertiary/aromatic N) is 2. The summed E-state index contributed by atoms with van der Waals surface area (Å²) in [4.78, 5) is 42.7. The van der Waals surface area contributed by atoms with Crippen LogP contribution in [0.4, 0.5) is 0 Å². The highest BCUT2D eigenvalue weighted by Gasteiger charge is 2.33. The maximum Gasteiger partial charge on any atom is 0.338 e. The van der Waals surface area contributed by atoms with Crippen molar-refractivity contribution in [3.8, 4) is 5.75 Å². The predicted molar refractivity (Wildman–Crippen MR) is 151 cm³/mol. The smallest absolute Gasteiger partial charge is 0.338 e. The summed E-state index contributed by atoms with van der Waals surface area (Å²) in [7, 11) is 0. The van der Waals surface area contributed by atoms with Crippen molar-refractivity contribution < 1.29 is 24.2 Å². The number of allylic oxidation sites excluding steroid dienone is 1. The second kappa shape index (κ2) is 11.5. The summed E-state index contributed by atoms with van der Waals surface area (Å²) in [6.07, 6.45) is 1.80. The molecule has 3 aromatic carbocycles. The van der Waals surface area contributed by atoms with Crippen LogP contribution in [0.25, 0.3) is 6.08 Å². The number of ether oxygens (including phenoxy) is 2. The summed E-state index contributed by atoms with van der Waals surface area (Å²) in [5.41, 5.74) is 3.32. The molecule has 1 aliphatic rings. The number of hydrogen-bond donors (Lipinski definition) is 1. The summed E-state index contributed by atoms with van der Waals surface area (Å²) in [6, 6.07) is 22.6. The van der Waals surface area contributed by atoms with Gasteiger partial charge in [0.2, 0.25) is 0 Å². The van der Waals surface area contributed by atoms with E-state index in [9.17, 15) is 14.4 Å². The molecule has 8 nitrogen and oxygen atoms in total. The van der Waals surface area contributed by atoms with Crippen molar-refractivity contribution in [3.63, 3.8) is 0 Å². The minimum atomic E-state index is -0.972. The van der Waals surface area contributed by atoms with Gasteiger partial charge in [-0.05, 0) is 60.9 Å². The number of thiazole rings is 1. The van der Waals surface area contributed by atoms with Gasteiger partial charge in [0.05, 0.1) is 34.0 Å². The summed E-state index contributed by atoms with van der Waals surface area (Å²) in [5, 5.41) is 9.03. The third-order valence-electron chi connectivity index (χ3n) is 6.42. The van der Waals surface area contributed by atoms with E-state index >= 15 is 0 Å². The van der Waals surface area contributed by atoms with Gasteiger partial charge < -0.3 is 14.6 Å². The molecule has 9 heteroatoms. The summed E-state index contributed by atoms with van der Waals surface area (Å²) < 4.78 is 13.2. The first-order chi connectivity index (χ1) is 19.4. The SMILES string of the molecule is CCOC(=O)C1=C(C)N=c2s/c(=C/c3ccc(OCc4ccc(C(=O)O)cc4)cc3)c(=O)n2[C@@H]1c1ccccc1. The minimum Gasteiger partial charge on any atom is -0.489 e. The molecule has 5 rings (SSSR count). The van der Waals surface area contributed by atoms with Crippen LogP contribution >= 0.6 is 11.3 Å². The number of hydrogen-bond acceptors (Lipinski definition) is 7. The molecule has 0 spiro atoms. The van der Waals surface area contributed by atoms with E-state index in [1.807, 2.05) is 54.6 Å². The molecule has 1 N–H and O–H groups in total. The number of carbonyl (C=O) groups excluding carboxylic acids is 1. The third kappa shape index (κ3) is 5.50. The van der Waals surface area contributed by atoms with Crippen molar-refractivity contribution in [2.45, 2.75) is 26.5 Å². The number of fused-ring (bicyclic) bond motifs is 1. The Labute approximate surface area is 233 Å². The van der Waals surface area contributed by atoms with Crippen LogP contribution in [-0.4, -0.2) is 28.2 Å². The first-order valence-electron chi connectivity index (χ1n) is 12.7. The van der Waals surface area contributed by atoms with Crippen molar-refractivity contribution in [3.05, 3.63) is 132 Å². The van der Waals surface area contributed by atoms with Gasteiger partial charge in [0, 0.05) is 0 Å². The second-order valence-corrected chi connectivity index (χ2v) is 10.1. The van der Waals surface area contributed by atoms with Crippen LogP contribution in [0.15, 0.2) is 99.9 Å². The summed E-state index contributed by atoms with van der Waals surface area (Å²) in [6.45, 7) is 4.02. The predicted octanol–water partition coefficient (Wildman–Crippen LogP) is 4.08. The van der Waals surface area contributed by atoms with Gasteiger partial charge in [-0.25, -0.2) is 14.6 Å². The number of aromatic nitrogens is 1. The Morgan fingerprint density at radius 3 is 2.38 bits per heavy atom. The molecule has 0 aliphatic carbocycles. The Hall–Kier alpha value is -4.76. The highest BCUT2D eigenvalue weighted by molar-refractivity contribution is 7.07. The van der Waals surface area contributed by atoms with Crippen LogP contribution in [0.3, 0.4) is 0 Å². The van der Waals surface area contributed by atoms with Gasteiger partial charge in [0.25, 0.3) is 5.56 Å². The lowest BCUT2D eigenvalue weighted by atomic mass is 9.96. The van der Waals surface area contributed by atoms with E-state index in [2.05, 4.69) is 4.99 Å². The van der Waals surface area contributed by atoms with Gasteiger partial charge in [0.15, 0.2) is 4.80 Å². The van der Waals surface area contributed by atoms with Crippen LogP contribution in [0.1, 0.15) is 46.9 Å². The fraction of sp³-hybridized carbons (Fsp3) is 0.161. The number of carbonyl (C=O) groups is 2. The first kappa shape index (κ1) is 26.8. The van der Waals surface area contributed by atoms with Crippen LogP contribution in [0.5, 0.6) is 5.75 Å². The summed E-state index contributed by atoms with van der Waals surface area (Å²) in [5.74, 6) is -0.819. The van der Waals surface area contributed by atoms with Gasteiger partial charge in [-0.1, -0.05) is 65.9 Å². The van der Waals surface area contributed by atoms with Crippen LogP contribution in [-0.2, 0) is 16.1 Å². The maximum atomic E-state index is 13.7. The van der Waals surface area contributed by atoms with Crippen molar-refractivity contribution in [2.75, 3.05) is 6.61 Å². The van der Waals surface area contributed by atoms with Crippen LogP contribution in [0, 0.1) is 0 Å². The van der Waals surface area contributed by atoms with Gasteiger partial charge in [-0.2, -0.15) is 0 Å². The topological polar surface area (TPSA) is 107 Å². The largest absolute Gasteiger partial charge is 0.489 e. The van der Waals surface area contributed by atoms with E-state index in [-0.39, 0.29) is 17.7 Å². The zero-order valence-electron chi connectivity index (χ0n) is 21.9. The van der Waals surface area contributed by atoms with Crippen molar-refractivity contribution in [1.29, 1.82) is 0 Å². The van der Waals surface area contributed by atoms with Crippen molar-refractivity contribution in [1.82, 2.24) is 4.57 Å². The van der Waals surface area contributed by atoms with E-state index < -0.39 is 18.0 Å². The fourth-order valence-electron chi connectivity index (χ4n) is 4.46. The Morgan fingerprint density at radius 1 is 1.02 bits per heavy atom. The molecule has 0 amide bonds. The van der Waals surface area contributed by atoms with Gasteiger partial charge in [-0.3, -0.25) is 9.36 Å². The zero-order valence-corrected chi connectivity index (χ0v) is 22.7. The Balaban J connectivity index is 1.43. The van der Waals surface area contributed by atoms with E-state index in [1.54, 1.807) is 48.8 Å². The molecule has 1 aliphatic heterocycles. The molecular formula is C31H26N2O6S. The lowest BCUT2D eigenvalue weighted by molar-refractivity contribution is -0.139. The highest BCUT2D eigenvalue weighted by atomic mass is 32.1. The molecule has 2 heterocycles. The van der Waals surface area contributed by atoms with E-state index in [0.29, 0.717) is 33.0 Å². The lowest BCUT2D eigenvalue weighted by Gasteiger charge is -2.24. The average Bonchev–Trinajstić information content (AvgIpc) is 3.26. The van der Waals surface area contributed by atoms with E-state index in [4.69, 9.17) is 14.6 Å². The van der Waals surface area contributed by atoms with Gasteiger partial charge >= 0.3 is 11.9 Å². The molecule has 4 aromatic rings. The highest BCUT2D eigenvalue weighted by Crippen LogP contribution is 2.30. The van der Waals surface area contributed by atoms with E-state index in [1.165, 1.54) is 11.3 Å². The Kier molecular flexibility index (Phi) is 7.75. The lowest BCUT2D eigenvalue weighted by Crippen LogP contribution is -2.39. The molecule has 0 fully saturated rings. The Bertz CT molecular complexity index is 1770. The number of carboxylic acid groups (broad SMARTS) is 1. The first-order valence-corrected chi connectivity index (χ1v) is 13.5. The standard InChI is InChI=1S/C31H26N2O6S/c1-3-38-30(37)26-19(2)32-31-33(27(26)22-7-5-4-6-8-22)28(34)25(40-31)17-20-11-15-24(16-12-20)39-18-21-9-13-23(14-10-21)29(35)36/h4-17,27H,3,18H2,1-2H3,(H,35,36)/b25-17+/t27-/m1/s1. The molecular weight excluding hydrogens is 528 g/mol. The molecule has 0 unspecified atom stereocenters. The molecule has 40 heavy (non-hydrogen) atoms. The van der Waals surface area contributed by atoms with Crippen molar-refractivity contribution >= 4 is 29.4 Å². The Morgan fingerprint density at radius 2 is 1.73 bits per heavy atom. The number of carboxylic acids is 1. The number of aromatic carboxylic acids is 1. The van der Waals surface area contributed by atoms with Crippen molar-refractivity contribution in [2.24, 2.45) is 4.99 Å². The third-order valence-corrected chi connectivity index (χ3v) is 7.40. The van der Waals surface area contributed by atoms with E-state index in [0.717, 1.165) is 16.7 Å². The molecule has 1 atom stereocenters. The summed E-state index contributed by atoms with van der Waals surface area (Å²) >= 11 is 1.27. The second-order valence-electron chi connectivity index (χ2n) is 9.07. The van der Waals surface area contributed by atoms with Gasteiger partial charge in [0.1, 0.15) is 12.4 Å². The van der Waals surface area contributed by atoms with Gasteiger partial charge in [-0.15, -0.1) is 0 Å².